The number of hydrogen-bond acceptors (Lipinski definition) is 1. The van der Waals surface area contributed by atoms with Gasteiger partial charge in [0.2, 0.25) is 0 Å². The van der Waals surface area contributed by atoms with Crippen molar-refractivity contribution >= 4 is 10.9 Å². The van der Waals surface area contributed by atoms with Crippen LogP contribution in [0.1, 0.15) is 11.3 Å². The van der Waals surface area contributed by atoms with Crippen LogP contribution in [0.25, 0.3) is 10.9 Å². The second-order valence-corrected chi connectivity index (χ2v) is 3.88. The van der Waals surface area contributed by atoms with Crippen molar-refractivity contribution in [3.63, 3.8) is 0 Å². The number of rotatable bonds is 3. The van der Waals surface area contributed by atoms with Crippen molar-refractivity contribution in [1.82, 2.24) is 10.3 Å². The molecule has 17 heavy (non-hydrogen) atoms. The van der Waals surface area contributed by atoms with Gasteiger partial charge in [0.1, 0.15) is 5.69 Å². The lowest BCUT2D eigenvalue weighted by Crippen LogP contribution is -2.14. The number of aromatic amines is 1. The first-order chi connectivity index (χ1) is 8.04. The molecule has 0 aliphatic carbocycles. The monoisotopic (exact) mass is 242 g/mol. The number of halogens is 3. The van der Waals surface area contributed by atoms with E-state index in [-0.39, 0.29) is 0 Å². The average Bonchev–Trinajstić information content (AvgIpc) is 2.65. The number of H-pyrrole nitrogens is 1. The third-order valence-corrected chi connectivity index (χ3v) is 2.72. The predicted octanol–water partition coefficient (Wildman–Crippen LogP) is 2.95. The summed E-state index contributed by atoms with van der Waals surface area (Å²) in [6.45, 7) is 0.519. The first-order valence-corrected chi connectivity index (χ1v) is 5.35. The molecule has 2 nitrogen and oxygen atoms in total. The highest BCUT2D eigenvalue weighted by Gasteiger charge is 2.35. The van der Waals surface area contributed by atoms with E-state index in [0.29, 0.717) is 29.4 Å². The number of para-hydroxylation sites is 1. The van der Waals surface area contributed by atoms with Crippen molar-refractivity contribution in [2.75, 3.05) is 13.6 Å². The van der Waals surface area contributed by atoms with Gasteiger partial charge in [-0.05, 0) is 31.6 Å². The largest absolute Gasteiger partial charge is 0.431 e. The summed E-state index contributed by atoms with van der Waals surface area (Å²) in [5, 5.41) is 3.52. The molecule has 2 rings (SSSR count). The summed E-state index contributed by atoms with van der Waals surface area (Å²) in [7, 11) is 1.72. The molecule has 1 heterocycles. The van der Waals surface area contributed by atoms with Crippen LogP contribution in [0.4, 0.5) is 13.2 Å². The molecule has 0 saturated carbocycles. The van der Waals surface area contributed by atoms with Gasteiger partial charge in [0, 0.05) is 10.9 Å². The lowest BCUT2D eigenvalue weighted by atomic mass is 10.1. The number of fused-ring (bicyclic) bond motifs is 1. The third kappa shape index (κ3) is 2.29. The van der Waals surface area contributed by atoms with Crippen LogP contribution in [0.3, 0.4) is 0 Å². The topological polar surface area (TPSA) is 27.8 Å². The van der Waals surface area contributed by atoms with E-state index in [1.165, 1.54) is 0 Å². The van der Waals surface area contributed by atoms with Gasteiger partial charge in [-0.15, -0.1) is 0 Å². The Hall–Kier alpha value is -1.49. The Morgan fingerprint density at radius 1 is 1.24 bits per heavy atom. The summed E-state index contributed by atoms with van der Waals surface area (Å²) >= 11 is 0. The van der Waals surface area contributed by atoms with Crippen molar-refractivity contribution in [3.05, 3.63) is 35.5 Å². The van der Waals surface area contributed by atoms with Gasteiger partial charge in [-0.1, -0.05) is 18.2 Å². The maximum Gasteiger partial charge on any atom is 0.431 e. The Balaban J connectivity index is 2.57. The lowest BCUT2D eigenvalue weighted by molar-refractivity contribution is -0.141. The molecule has 5 heteroatoms. The van der Waals surface area contributed by atoms with Gasteiger partial charge in [-0.2, -0.15) is 13.2 Å². The highest BCUT2D eigenvalue weighted by atomic mass is 19.4. The second-order valence-electron chi connectivity index (χ2n) is 3.88. The van der Waals surface area contributed by atoms with Gasteiger partial charge in [0.15, 0.2) is 0 Å². The summed E-state index contributed by atoms with van der Waals surface area (Å²) in [6, 6.07) is 6.85. The van der Waals surface area contributed by atoms with Crippen LogP contribution in [0.15, 0.2) is 24.3 Å². The van der Waals surface area contributed by atoms with Crippen LogP contribution in [0, 0.1) is 0 Å². The summed E-state index contributed by atoms with van der Waals surface area (Å²) in [5.74, 6) is 0. The number of alkyl halides is 3. The number of likely N-dealkylation sites (N-methyl/N-ethyl adjacent to an activating group) is 1. The molecule has 92 valence electrons. The molecule has 1 aromatic heterocycles. The molecule has 0 saturated heterocycles. The summed E-state index contributed by atoms with van der Waals surface area (Å²) < 4.78 is 38.6. The maximum absolute atomic E-state index is 12.9. The van der Waals surface area contributed by atoms with Crippen molar-refractivity contribution in [2.24, 2.45) is 0 Å². The Morgan fingerprint density at radius 3 is 2.59 bits per heavy atom. The van der Waals surface area contributed by atoms with Crippen LogP contribution in [0.2, 0.25) is 0 Å². The average molecular weight is 242 g/mol. The van der Waals surface area contributed by atoms with Gasteiger partial charge in [0.05, 0.1) is 0 Å². The molecule has 0 amide bonds. The normalized spacial score (nSPS) is 12.2. The van der Waals surface area contributed by atoms with Crippen molar-refractivity contribution in [3.8, 4) is 0 Å². The van der Waals surface area contributed by atoms with E-state index in [0.717, 1.165) is 0 Å². The van der Waals surface area contributed by atoms with Gasteiger partial charge in [0.25, 0.3) is 0 Å². The van der Waals surface area contributed by atoms with E-state index < -0.39 is 11.9 Å². The van der Waals surface area contributed by atoms with E-state index in [1.807, 2.05) is 0 Å². The van der Waals surface area contributed by atoms with Gasteiger partial charge < -0.3 is 10.3 Å². The quantitative estimate of drug-likeness (QED) is 0.850. The van der Waals surface area contributed by atoms with E-state index in [2.05, 4.69) is 10.3 Å². The van der Waals surface area contributed by atoms with Gasteiger partial charge >= 0.3 is 6.18 Å². The minimum atomic E-state index is -4.33. The molecule has 0 fully saturated rings. The summed E-state index contributed by atoms with van der Waals surface area (Å²) in [5.41, 5.74) is 0.238. The van der Waals surface area contributed by atoms with Crippen LogP contribution in [0.5, 0.6) is 0 Å². The lowest BCUT2D eigenvalue weighted by Gasteiger charge is -2.07. The summed E-state index contributed by atoms with van der Waals surface area (Å²) in [6.07, 6.45) is -3.97. The molecule has 1 aromatic carbocycles. The second kappa shape index (κ2) is 4.41. The Labute approximate surface area is 96.8 Å². The van der Waals surface area contributed by atoms with Crippen molar-refractivity contribution in [1.29, 1.82) is 0 Å². The zero-order valence-corrected chi connectivity index (χ0v) is 9.36. The van der Waals surface area contributed by atoms with Crippen LogP contribution in [-0.4, -0.2) is 18.6 Å². The molecular formula is C12H13F3N2. The van der Waals surface area contributed by atoms with Crippen LogP contribution < -0.4 is 5.32 Å². The predicted molar refractivity (Wildman–Crippen MR) is 60.9 cm³/mol. The first-order valence-electron chi connectivity index (χ1n) is 5.35. The van der Waals surface area contributed by atoms with Crippen LogP contribution in [-0.2, 0) is 12.6 Å². The first kappa shape index (κ1) is 12.0. The Bertz CT molecular complexity index is 514. The highest BCUT2D eigenvalue weighted by Crippen LogP contribution is 2.35. The fourth-order valence-corrected chi connectivity index (χ4v) is 1.95. The molecule has 0 aliphatic rings. The van der Waals surface area contributed by atoms with E-state index in [9.17, 15) is 13.2 Å². The maximum atomic E-state index is 12.9. The number of aromatic nitrogens is 1. The molecule has 2 N–H and O–H groups in total. The van der Waals surface area contributed by atoms with Crippen molar-refractivity contribution < 1.29 is 13.2 Å². The standard InChI is InChI=1S/C12H13F3N2/c1-16-7-6-9-8-4-2-3-5-10(8)17-11(9)12(13,14)15/h2-5,16-17H,6-7H2,1H3. The minimum absolute atomic E-state index is 0.336. The molecule has 0 aliphatic heterocycles. The van der Waals surface area contributed by atoms with Gasteiger partial charge in [-0.25, -0.2) is 0 Å². The molecule has 0 atom stereocenters. The molecule has 0 radical (unpaired) electrons. The minimum Gasteiger partial charge on any atom is -0.351 e. The zero-order valence-electron chi connectivity index (χ0n) is 9.36. The number of benzene rings is 1. The Morgan fingerprint density at radius 2 is 1.94 bits per heavy atom. The fourth-order valence-electron chi connectivity index (χ4n) is 1.95. The Kier molecular flexibility index (Phi) is 3.11. The van der Waals surface area contributed by atoms with E-state index >= 15 is 0 Å². The number of hydrogen-bond donors (Lipinski definition) is 2. The highest BCUT2D eigenvalue weighted by molar-refractivity contribution is 5.84. The SMILES string of the molecule is CNCCc1c(C(F)(F)F)[nH]c2ccccc12. The molecule has 0 bridgehead atoms. The van der Waals surface area contributed by atoms with E-state index in [1.54, 1.807) is 31.3 Å². The third-order valence-electron chi connectivity index (χ3n) is 2.72. The fraction of sp³-hybridized carbons (Fsp3) is 0.333. The van der Waals surface area contributed by atoms with Gasteiger partial charge in [-0.3, -0.25) is 0 Å². The molecule has 2 aromatic rings. The van der Waals surface area contributed by atoms with E-state index in [4.69, 9.17) is 0 Å². The smallest absolute Gasteiger partial charge is 0.351 e. The number of nitrogens with one attached hydrogen (secondary N) is 2. The van der Waals surface area contributed by atoms with Crippen molar-refractivity contribution in [2.45, 2.75) is 12.6 Å². The zero-order chi connectivity index (χ0) is 12.5. The molecule has 0 unspecified atom stereocenters. The summed E-state index contributed by atoms with van der Waals surface area (Å²) in [4.78, 5) is 2.46. The molecule has 0 spiro atoms. The van der Waals surface area contributed by atoms with Crippen LogP contribution >= 0.6 is 0 Å². The molecular weight excluding hydrogens is 229 g/mol.